The summed E-state index contributed by atoms with van der Waals surface area (Å²) >= 11 is 5.94. The number of anilines is 1. The average Bonchev–Trinajstić information content (AvgIpc) is 2.43. The van der Waals surface area contributed by atoms with Crippen molar-refractivity contribution in [2.24, 2.45) is 0 Å². The topological polar surface area (TPSA) is 52.9 Å². The summed E-state index contributed by atoms with van der Waals surface area (Å²) in [6.07, 6.45) is 0. The molecule has 0 bridgehead atoms. The lowest BCUT2D eigenvalue weighted by Crippen LogP contribution is -2.13. The maximum atomic E-state index is 13.7. The van der Waals surface area contributed by atoms with Crippen LogP contribution in [0.2, 0.25) is 5.02 Å². The molecule has 0 aliphatic carbocycles. The number of nitrogens with zero attached hydrogens (tertiary/aromatic N) is 1. The molecule has 20 heavy (non-hydrogen) atoms. The van der Waals surface area contributed by atoms with Gasteiger partial charge in [0, 0.05) is 10.6 Å². The highest BCUT2D eigenvalue weighted by Crippen LogP contribution is 2.19. The highest BCUT2D eigenvalue weighted by atomic mass is 35.5. The van der Waals surface area contributed by atoms with Crippen LogP contribution in [-0.4, -0.2) is 5.91 Å². The number of rotatable bonds is 2. The maximum absolute atomic E-state index is 13.7. The molecule has 0 fully saturated rings. The van der Waals surface area contributed by atoms with Gasteiger partial charge in [-0.05, 0) is 42.8 Å². The summed E-state index contributed by atoms with van der Waals surface area (Å²) in [6, 6.07) is 10.5. The van der Waals surface area contributed by atoms with Crippen molar-refractivity contribution in [1.29, 1.82) is 5.26 Å². The van der Waals surface area contributed by atoms with Crippen LogP contribution < -0.4 is 5.32 Å². The van der Waals surface area contributed by atoms with Crippen LogP contribution in [0.5, 0.6) is 0 Å². The van der Waals surface area contributed by atoms with E-state index in [-0.39, 0.29) is 11.3 Å². The van der Waals surface area contributed by atoms with Gasteiger partial charge in [-0.1, -0.05) is 17.7 Å². The molecule has 0 radical (unpaired) electrons. The predicted molar refractivity (Wildman–Crippen MR) is 75.3 cm³/mol. The van der Waals surface area contributed by atoms with Gasteiger partial charge in [-0.3, -0.25) is 4.79 Å². The summed E-state index contributed by atoms with van der Waals surface area (Å²) in [6.45, 7) is 1.82. The van der Waals surface area contributed by atoms with E-state index in [1.165, 1.54) is 18.2 Å². The van der Waals surface area contributed by atoms with Gasteiger partial charge in [0.25, 0.3) is 5.91 Å². The van der Waals surface area contributed by atoms with Crippen molar-refractivity contribution < 1.29 is 9.18 Å². The highest BCUT2D eigenvalue weighted by Gasteiger charge is 2.11. The third-order valence-corrected chi connectivity index (χ3v) is 3.19. The van der Waals surface area contributed by atoms with Gasteiger partial charge < -0.3 is 5.32 Å². The predicted octanol–water partition coefficient (Wildman–Crippen LogP) is 3.91. The van der Waals surface area contributed by atoms with E-state index in [0.717, 1.165) is 11.6 Å². The van der Waals surface area contributed by atoms with Crippen molar-refractivity contribution in [3.63, 3.8) is 0 Å². The number of halogens is 2. The first-order valence-corrected chi connectivity index (χ1v) is 6.16. The summed E-state index contributed by atoms with van der Waals surface area (Å²) in [5.41, 5.74) is 1.40. The molecule has 1 N–H and O–H groups in total. The molecule has 0 saturated carbocycles. The van der Waals surface area contributed by atoms with Gasteiger partial charge in [0.05, 0.1) is 17.3 Å². The zero-order valence-electron chi connectivity index (χ0n) is 10.6. The van der Waals surface area contributed by atoms with Crippen LogP contribution in [0.4, 0.5) is 10.1 Å². The SMILES string of the molecule is Cc1ccc(C(=O)Nc2ccc(C#N)cc2F)cc1Cl. The Morgan fingerprint density at radius 1 is 1.30 bits per heavy atom. The second-order valence-corrected chi connectivity index (χ2v) is 4.63. The molecule has 100 valence electrons. The molecular weight excluding hydrogens is 279 g/mol. The van der Waals surface area contributed by atoms with Crippen molar-refractivity contribution in [2.75, 3.05) is 5.32 Å². The first-order valence-electron chi connectivity index (χ1n) is 5.78. The van der Waals surface area contributed by atoms with Crippen molar-refractivity contribution in [1.82, 2.24) is 0 Å². The van der Waals surface area contributed by atoms with Crippen LogP contribution in [0.3, 0.4) is 0 Å². The van der Waals surface area contributed by atoms with Crippen molar-refractivity contribution in [3.8, 4) is 6.07 Å². The van der Waals surface area contributed by atoms with E-state index in [9.17, 15) is 9.18 Å². The second kappa shape index (κ2) is 5.72. The number of nitrogens with one attached hydrogen (secondary N) is 1. The van der Waals surface area contributed by atoms with Crippen LogP contribution in [-0.2, 0) is 0 Å². The van der Waals surface area contributed by atoms with E-state index >= 15 is 0 Å². The van der Waals surface area contributed by atoms with Gasteiger partial charge in [0.2, 0.25) is 0 Å². The maximum Gasteiger partial charge on any atom is 0.255 e. The molecular formula is C15H10ClFN2O. The molecule has 0 heterocycles. The highest BCUT2D eigenvalue weighted by molar-refractivity contribution is 6.31. The zero-order chi connectivity index (χ0) is 14.7. The van der Waals surface area contributed by atoms with Crippen molar-refractivity contribution in [3.05, 3.63) is 63.9 Å². The molecule has 2 rings (SSSR count). The number of hydrogen-bond donors (Lipinski definition) is 1. The van der Waals surface area contributed by atoms with Crippen LogP contribution >= 0.6 is 11.6 Å². The summed E-state index contributed by atoms with van der Waals surface area (Å²) < 4.78 is 13.7. The Morgan fingerprint density at radius 3 is 2.65 bits per heavy atom. The Labute approximate surface area is 120 Å². The molecule has 1 amide bonds. The van der Waals surface area contributed by atoms with Crippen LogP contribution in [0.25, 0.3) is 0 Å². The first-order chi connectivity index (χ1) is 9.51. The molecule has 5 heteroatoms. The summed E-state index contributed by atoms with van der Waals surface area (Å²) in [5, 5.41) is 11.6. The lowest BCUT2D eigenvalue weighted by molar-refractivity contribution is 0.102. The number of benzene rings is 2. The molecule has 0 aliphatic heterocycles. The Hall–Kier alpha value is -2.38. The van der Waals surface area contributed by atoms with E-state index in [1.54, 1.807) is 12.1 Å². The number of hydrogen-bond acceptors (Lipinski definition) is 2. The average molecular weight is 289 g/mol. The van der Waals surface area contributed by atoms with Gasteiger partial charge >= 0.3 is 0 Å². The van der Waals surface area contributed by atoms with E-state index in [4.69, 9.17) is 16.9 Å². The lowest BCUT2D eigenvalue weighted by Gasteiger charge is -2.07. The number of carbonyl (C=O) groups is 1. The van der Waals surface area contributed by atoms with Crippen LogP contribution in [0, 0.1) is 24.1 Å². The third kappa shape index (κ3) is 2.95. The number of amides is 1. The third-order valence-electron chi connectivity index (χ3n) is 2.78. The van der Waals surface area contributed by atoms with E-state index in [1.807, 2.05) is 13.0 Å². The molecule has 2 aromatic carbocycles. The number of aryl methyl sites for hydroxylation is 1. The van der Waals surface area contributed by atoms with Crippen LogP contribution in [0.1, 0.15) is 21.5 Å². The Morgan fingerprint density at radius 2 is 2.05 bits per heavy atom. The van der Waals surface area contributed by atoms with Crippen molar-refractivity contribution >= 4 is 23.2 Å². The largest absolute Gasteiger partial charge is 0.319 e. The smallest absolute Gasteiger partial charge is 0.255 e. The van der Waals surface area contributed by atoms with Crippen molar-refractivity contribution in [2.45, 2.75) is 6.92 Å². The van der Waals surface area contributed by atoms with Gasteiger partial charge in [0.1, 0.15) is 5.82 Å². The molecule has 0 atom stereocenters. The zero-order valence-corrected chi connectivity index (χ0v) is 11.3. The Kier molecular flexibility index (Phi) is 4.02. The molecule has 0 spiro atoms. The number of carbonyl (C=O) groups excluding carboxylic acids is 1. The molecule has 0 saturated heterocycles. The second-order valence-electron chi connectivity index (χ2n) is 4.22. The van der Waals surface area contributed by atoms with E-state index < -0.39 is 11.7 Å². The minimum atomic E-state index is -0.657. The number of nitriles is 1. The van der Waals surface area contributed by atoms with Gasteiger partial charge in [-0.25, -0.2) is 4.39 Å². The van der Waals surface area contributed by atoms with Gasteiger partial charge in [-0.15, -0.1) is 0 Å². The Balaban J connectivity index is 2.23. The van der Waals surface area contributed by atoms with E-state index in [2.05, 4.69) is 5.32 Å². The fourth-order valence-corrected chi connectivity index (χ4v) is 1.80. The summed E-state index contributed by atoms with van der Waals surface area (Å²) in [7, 11) is 0. The van der Waals surface area contributed by atoms with E-state index in [0.29, 0.717) is 10.6 Å². The minimum Gasteiger partial charge on any atom is -0.319 e. The fourth-order valence-electron chi connectivity index (χ4n) is 1.61. The standard InChI is InChI=1S/C15H10ClFN2O/c1-9-2-4-11(7-12(9)16)15(20)19-14-5-3-10(8-18)6-13(14)17/h2-7H,1H3,(H,19,20). The molecule has 2 aromatic rings. The van der Waals surface area contributed by atoms with Gasteiger partial charge in [0.15, 0.2) is 0 Å². The first kappa shape index (κ1) is 14.0. The summed E-state index contributed by atoms with van der Waals surface area (Å²) in [4.78, 5) is 12.0. The lowest BCUT2D eigenvalue weighted by atomic mass is 10.1. The minimum absolute atomic E-state index is 0.0192. The Bertz CT molecular complexity index is 722. The van der Waals surface area contributed by atoms with Crippen LogP contribution in [0.15, 0.2) is 36.4 Å². The molecule has 0 aromatic heterocycles. The fraction of sp³-hybridized carbons (Fsp3) is 0.0667. The normalized spacial score (nSPS) is 9.90. The molecule has 0 aliphatic rings. The quantitative estimate of drug-likeness (QED) is 0.911. The molecule has 0 unspecified atom stereocenters. The van der Waals surface area contributed by atoms with Gasteiger partial charge in [-0.2, -0.15) is 5.26 Å². The summed E-state index contributed by atoms with van der Waals surface area (Å²) in [5.74, 6) is -1.12. The monoisotopic (exact) mass is 288 g/mol. The molecule has 3 nitrogen and oxygen atoms in total.